The van der Waals surface area contributed by atoms with Crippen LogP contribution in [0.4, 0.5) is 0 Å². The van der Waals surface area contributed by atoms with Gasteiger partial charge in [0.1, 0.15) is 5.76 Å². The predicted octanol–water partition coefficient (Wildman–Crippen LogP) is 1.13. The van der Waals surface area contributed by atoms with Crippen molar-refractivity contribution in [3.63, 3.8) is 0 Å². The second kappa shape index (κ2) is 3.59. The van der Waals surface area contributed by atoms with E-state index in [1.807, 2.05) is 10.8 Å². The first-order valence-corrected chi connectivity index (χ1v) is 5.94. The number of β-lactam (4-membered cyclic amide) rings is 1. The lowest BCUT2D eigenvalue weighted by Crippen LogP contribution is -2.54. The van der Waals surface area contributed by atoms with Crippen LogP contribution >= 0.6 is 11.3 Å². The van der Waals surface area contributed by atoms with Crippen molar-refractivity contribution >= 4 is 29.3 Å². The minimum Gasteiger partial charge on any atom is -0.479 e. The second-order valence-electron chi connectivity index (χ2n) is 3.76. The molecule has 1 aromatic rings. The maximum absolute atomic E-state index is 11.4. The molecule has 2 aliphatic rings. The van der Waals surface area contributed by atoms with Gasteiger partial charge in [0.05, 0.1) is 7.79 Å². The van der Waals surface area contributed by atoms with Gasteiger partial charge in [-0.15, -0.1) is 0 Å². The number of hydrogen-bond donors (Lipinski definition) is 1. The molecule has 3 heterocycles. The highest BCUT2D eigenvalue weighted by atomic mass is 32.1. The standard InChI is InChI=1S/C11H9NO4S/c13-8-4-9-12(8)10(11(14)15)7(16-9)3-6-1-2-17-5-6/h1-3,5,9-10H,4H2,(H,14,15)/i10D. The van der Waals surface area contributed by atoms with Crippen LogP contribution in [0.15, 0.2) is 22.6 Å². The van der Waals surface area contributed by atoms with E-state index in [4.69, 9.17) is 6.11 Å². The van der Waals surface area contributed by atoms with Crippen LogP contribution in [0.25, 0.3) is 6.08 Å². The number of fused-ring (bicyclic) bond motifs is 1. The molecule has 0 bridgehead atoms. The number of ether oxygens (including phenoxy) is 1. The molecule has 2 unspecified atom stereocenters. The third-order valence-electron chi connectivity index (χ3n) is 2.69. The van der Waals surface area contributed by atoms with Crippen molar-refractivity contribution in [2.45, 2.75) is 18.7 Å². The molecule has 1 aromatic heterocycles. The molecule has 17 heavy (non-hydrogen) atoms. The van der Waals surface area contributed by atoms with Gasteiger partial charge in [0.2, 0.25) is 5.91 Å². The number of carboxylic acids is 1. The Morgan fingerprint density at radius 3 is 3.18 bits per heavy atom. The number of amides is 1. The summed E-state index contributed by atoms with van der Waals surface area (Å²) in [5.74, 6) is -1.78. The molecule has 0 aromatic carbocycles. The first kappa shape index (κ1) is 9.23. The molecule has 0 saturated carbocycles. The number of aliphatic carboxylic acids is 1. The zero-order chi connectivity index (χ0) is 12.9. The Bertz CT molecular complexity index is 555. The smallest absolute Gasteiger partial charge is 0.334 e. The summed E-state index contributed by atoms with van der Waals surface area (Å²) in [5, 5.41) is 12.9. The zero-order valence-electron chi connectivity index (χ0n) is 9.62. The van der Waals surface area contributed by atoms with E-state index in [-0.39, 0.29) is 18.1 Å². The van der Waals surface area contributed by atoms with Gasteiger partial charge in [-0.2, -0.15) is 11.3 Å². The molecule has 2 aliphatic heterocycles. The zero-order valence-corrected chi connectivity index (χ0v) is 9.44. The number of hydrogen-bond acceptors (Lipinski definition) is 4. The Balaban J connectivity index is 2.04. The van der Waals surface area contributed by atoms with E-state index in [2.05, 4.69) is 0 Å². The summed E-state index contributed by atoms with van der Waals surface area (Å²) in [6, 6.07) is -0.345. The van der Waals surface area contributed by atoms with Gasteiger partial charge in [-0.05, 0) is 28.5 Å². The molecule has 0 spiro atoms. The Morgan fingerprint density at radius 1 is 1.76 bits per heavy atom. The van der Waals surface area contributed by atoms with E-state index >= 15 is 0 Å². The number of rotatable bonds is 2. The summed E-state index contributed by atoms with van der Waals surface area (Å²) < 4.78 is 13.4. The molecule has 2 atom stereocenters. The van der Waals surface area contributed by atoms with Gasteiger partial charge in [0.25, 0.3) is 0 Å². The quantitative estimate of drug-likeness (QED) is 0.801. The number of carbonyl (C=O) groups is 2. The highest BCUT2D eigenvalue weighted by molar-refractivity contribution is 7.08. The van der Waals surface area contributed by atoms with Crippen molar-refractivity contribution in [1.29, 1.82) is 0 Å². The fraction of sp³-hybridized carbons (Fsp3) is 0.273. The van der Waals surface area contributed by atoms with Crippen LogP contribution in [0, 0.1) is 0 Å². The molecule has 1 N–H and O–H groups in total. The minimum atomic E-state index is -2.14. The maximum atomic E-state index is 11.4. The largest absolute Gasteiger partial charge is 0.479 e. The van der Waals surface area contributed by atoms with Gasteiger partial charge in [0, 0.05) is 0 Å². The normalized spacial score (nSPS) is 34.0. The minimum absolute atomic E-state index is 0.00995. The Kier molecular flexibility index (Phi) is 1.95. The molecule has 2 saturated heterocycles. The summed E-state index contributed by atoms with van der Waals surface area (Å²) in [6.07, 6.45) is 1.02. The Morgan fingerprint density at radius 2 is 2.59 bits per heavy atom. The third kappa shape index (κ3) is 1.52. The molecule has 88 valence electrons. The molecule has 6 heteroatoms. The lowest BCUT2D eigenvalue weighted by molar-refractivity contribution is -0.163. The van der Waals surface area contributed by atoms with Crippen molar-refractivity contribution in [2.75, 3.05) is 0 Å². The van der Waals surface area contributed by atoms with Gasteiger partial charge in [0.15, 0.2) is 12.2 Å². The fourth-order valence-electron chi connectivity index (χ4n) is 1.89. The monoisotopic (exact) mass is 252 g/mol. The van der Waals surface area contributed by atoms with Gasteiger partial charge in [-0.1, -0.05) is 0 Å². The molecule has 0 aliphatic carbocycles. The van der Waals surface area contributed by atoms with Crippen LogP contribution in [0.3, 0.4) is 0 Å². The van der Waals surface area contributed by atoms with Crippen LogP contribution in [0.5, 0.6) is 0 Å². The van der Waals surface area contributed by atoms with E-state index in [0.717, 1.165) is 10.5 Å². The topological polar surface area (TPSA) is 66.8 Å². The van der Waals surface area contributed by atoms with Gasteiger partial charge >= 0.3 is 5.97 Å². The van der Waals surface area contributed by atoms with E-state index in [1.54, 1.807) is 6.07 Å². The predicted molar refractivity (Wildman–Crippen MR) is 60.1 cm³/mol. The molecule has 5 nitrogen and oxygen atoms in total. The molecular weight excluding hydrogens is 242 g/mol. The maximum Gasteiger partial charge on any atom is 0.334 e. The molecule has 3 rings (SSSR count). The lowest BCUT2D eigenvalue weighted by atomic mass is 10.1. The average molecular weight is 252 g/mol. The van der Waals surface area contributed by atoms with Crippen LogP contribution in [-0.2, 0) is 14.3 Å². The van der Waals surface area contributed by atoms with Crippen LogP contribution in [0.1, 0.15) is 13.4 Å². The summed E-state index contributed by atoms with van der Waals surface area (Å²) >= 11 is 1.46. The van der Waals surface area contributed by atoms with Gasteiger partial charge in [-0.3, -0.25) is 9.69 Å². The molecular formula is C11H9NO4S. The highest BCUT2D eigenvalue weighted by Crippen LogP contribution is 2.37. The van der Waals surface area contributed by atoms with Crippen LogP contribution < -0.4 is 0 Å². The van der Waals surface area contributed by atoms with Crippen LogP contribution in [-0.4, -0.2) is 34.1 Å². The van der Waals surface area contributed by atoms with Crippen molar-refractivity contribution in [1.82, 2.24) is 4.90 Å². The summed E-state index contributed by atoms with van der Waals surface area (Å²) in [6.45, 7) is 0. The average Bonchev–Trinajstić information content (AvgIpc) is 2.85. The lowest BCUT2D eigenvalue weighted by Gasteiger charge is -2.33. The summed E-state index contributed by atoms with van der Waals surface area (Å²) in [4.78, 5) is 23.7. The first-order valence-electron chi connectivity index (χ1n) is 5.50. The molecule has 0 radical (unpaired) electrons. The van der Waals surface area contributed by atoms with Crippen LogP contribution in [0.2, 0.25) is 0 Å². The number of thiophene rings is 1. The summed E-state index contributed by atoms with van der Waals surface area (Å²) in [7, 11) is 0. The van der Waals surface area contributed by atoms with Gasteiger partial charge in [-0.25, -0.2) is 4.79 Å². The Hall–Kier alpha value is -1.82. The van der Waals surface area contributed by atoms with E-state index in [9.17, 15) is 14.7 Å². The van der Waals surface area contributed by atoms with Gasteiger partial charge < -0.3 is 9.84 Å². The van der Waals surface area contributed by atoms with E-state index in [1.165, 1.54) is 17.4 Å². The van der Waals surface area contributed by atoms with Crippen molar-refractivity contribution in [3.05, 3.63) is 28.1 Å². The fourth-order valence-corrected chi connectivity index (χ4v) is 2.51. The SMILES string of the molecule is [2H]C1(C(=O)O)C(=Cc2ccsc2)OC2CC(=O)N21. The Labute approximate surface area is 102 Å². The second-order valence-corrected chi connectivity index (χ2v) is 4.54. The van der Waals surface area contributed by atoms with E-state index < -0.39 is 18.2 Å². The third-order valence-corrected chi connectivity index (χ3v) is 3.39. The molecule has 1 amide bonds. The van der Waals surface area contributed by atoms with Crippen molar-refractivity contribution in [2.24, 2.45) is 0 Å². The first-order chi connectivity index (χ1) is 8.53. The number of nitrogens with zero attached hydrogens (tertiary/aromatic N) is 1. The number of carboxylic acid groups (broad SMARTS) is 1. The summed E-state index contributed by atoms with van der Waals surface area (Å²) in [5.41, 5.74) is 0.767. The number of carbonyl (C=O) groups excluding carboxylic acids is 1. The van der Waals surface area contributed by atoms with Crippen molar-refractivity contribution in [3.8, 4) is 0 Å². The van der Waals surface area contributed by atoms with E-state index in [0.29, 0.717) is 0 Å². The van der Waals surface area contributed by atoms with Crippen molar-refractivity contribution < 1.29 is 20.8 Å². The molecule has 2 fully saturated rings. The highest BCUT2D eigenvalue weighted by Gasteiger charge is 2.53.